The van der Waals surface area contributed by atoms with Gasteiger partial charge in [-0.15, -0.1) is 0 Å². The zero-order valence-electron chi connectivity index (χ0n) is 10.1. The number of carboxylic acids is 1. The summed E-state index contributed by atoms with van der Waals surface area (Å²) in [5.74, 6) is -4.09. The van der Waals surface area contributed by atoms with Crippen molar-refractivity contribution in [2.24, 2.45) is 0 Å². The van der Waals surface area contributed by atoms with Gasteiger partial charge >= 0.3 is 12.1 Å². The normalized spacial score (nSPS) is 11.5. The van der Waals surface area contributed by atoms with Crippen molar-refractivity contribution < 1.29 is 31.9 Å². The van der Waals surface area contributed by atoms with Gasteiger partial charge in [-0.25, -0.2) is 18.6 Å². The van der Waals surface area contributed by atoms with Gasteiger partial charge in [-0.2, -0.15) is 13.2 Å². The molecule has 0 amide bonds. The lowest BCUT2D eigenvalue weighted by Crippen LogP contribution is -2.16. The summed E-state index contributed by atoms with van der Waals surface area (Å²) < 4.78 is 65.7. The third-order valence-electron chi connectivity index (χ3n) is 2.66. The second kappa shape index (κ2) is 5.12. The number of benzene rings is 1. The van der Waals surface area contributed by atoms with E-state index in [9.17, 15) is 26.7 Å². The summed E-state index contributed by atoms with van der Waals surface area (Å²) in [7, 11) is 0. The molecule has 0 saturated carbocycles. The van der Waals surface area contributed by atoms with E-state index in [1.807, 2.05) is 0 Å². The van der Waals surface area contributed by atoms with Crippen molar-refractivity contribution in [3.05, 3.63) is 53.4 Å². The SMILES string of the molecule is O=C(O)c1nccc(-c2ccc(F)cc2F)c1C(F)(F)F. The van der Waals surface area contributed by atoms with Crippen LogP contribution in [0.3, 0.4) is 0 Å². The number of aromatic nitrogens is 1. The molecule has 110 valence electrons. The number of hydrogen-bond donors (Lipinski definition) is 1. The lowest BCUT2D eigenvalue weighted by molar-refractivity contribution is -0.137. The second-order valence-corrected chi connectivity index (χ2v) is 4.01. The Kier molecular flexibility index (Phi) is 3.63. The van der Waals surface area contributed by atoms with Crippen molar-refractivity contribution in [1.29, 1.82) is 0 Å². The molecule has 1 aromatic heterocycles. The standard InChI is InChI=1S/C13H6F5NO2/c14-6-1-2-7(9(15)5-6)8-3-4-19-11(12(20)21)10(8)13(16,17)18/h1-5H,(H,20,21). The summed E-state index contributed by atoms with van der Waals surface area (Å²) in [5.41, 5.74) is -4.10. The zero-order chi connectivity index (χ0) is 15.8. The van der Waals surface area contributed by atoms with Gasteiger partial charge in [0.1, 0.15) is 11.6 Å². The summed E-state index contributed by atoms with van der Waals surface area (Å²) in [4.78, 5) is 14.0. The first-order chi connectivity index (χ1) is 9.71. The Bertz CT molecular complexity index is 712. The monoisotopic (exact) mass is 303 g/mol. The number of hydrogen-bond acceptors (Lipinski definition) is 2. The lowest BCUT2D eigenvalue weighted by Gasteiger charge is -2.15. The molecule has 21 heavy (non-hydrogen) atoms. The molecule has 1 heterocycles. The Morgan fingerprint density at radius 3 is 2.29 bits per heavy atom. The van der Waals surface area contributed by atoms with E-state index in [0.29, 0.717) is 6.07 Å². The van der Waals surface area contributed by atoms with Crippen molar-refractivity contribution >= 4 is 5.97 Å². The molecule has 0 aliphatic carbocycles. The minimum atomic E-state index is -5.06. The molecule has 1 N–H and O–H groups in total. The van der Waals surface area contributed by atoms with Crippen LogP contribution in [0.5, 0.6) is 0 Å². The fourth-order valence-electron chi connectivity index (χ4n) is 1.84. The molecule has 2 aromatic rings. The number of halogens is 5. The van der Waals surface area contributed by atoms with E-state index >= 15 is 0 Å². The van der Waals surface area contributed by atoms with Gasteiger partial charge in [-0.05, 0) is 18.2 Å². The molecule has 3 nitrogen and oxygen atoms in total. The van der Waals surface area contributed by atoms with E-state index in [-0.39, 0.29) is 0 Å². The molecule has 8 heteroatoms. The molecule has 2 rings (SSSR count). The van der Waals surface area contributed by atoms with E-state index in [4.69, 9.17) is 5.11 Å². The van der Waals surface area contributed by atoms with Gasteiger partial charge in [-0.3, -0.25) is 0 Å². The van der Waals surface area contributed by atoms with Gasteiger partial charge in [0.15, 0.2) is 5.69 Å². The first kappa shape index (κ1) is 14.9. The van der Waals surface area contributed by atoms with Crippen LogP contribution in [0.2, 0.25) is 0 Å². The highest BCUT2D eigenvalue weighted by atomic mass is 19.4. The van der Waals surface area contributed by atoms with E-state index in [1.54, 1.807) is 0 Å². The Hall–Kier alpha value is -2.51. The van der Waals surface area contributed by atoms with Crippen LogP contribution in [0.1, 0.15) is 16.1 Å². The second-order valence-electron chi connectivity index (χ2n) is 4.01. The highest BCUT2D eigenvalue weighted by Crippen LogP contribution is 2.39. The molecule has 1 aromatic carbocycles. The molecule has 0 atom stereocenters. The summed E-state index contributed by atoms with van der Waals surface area (Å²) in [6, 6.07) is 2.82. The van der Waals surface area contributed by atoms with Gasteiger partial charge < -0.3 is 5.11 Å². The topological polar surface area (TPSA) is 50.2 Å². The number of alkyl halides is 3. The Morgan fingerprint density at radius 2 is 1.76 bits per heavy atom. The number of nitrogens with zero attached hydrogens (tertiary/aromatic N) is 1. The summed E-state index contributed by atoms with van der Waals surface area (Å²) in [6.45, 7) is 0. The number of carboxylic acid groups (broad SMARTS) is 1. The van der Waals surface area contributed by atoms with Crippen LogP contribution in [0, 0.1) is 11.6 Å². The van der Waals surface area contributed by atoms with Crippen LogP contribution >= 0.6 is 0 Å². The van der Waals surface area contributed by atoms with Gasteiger partial charge in [0, 0.05) is 23.4 Å². The summed E-state index contributed by atoms with van der Waals surface area (Å²) in [5, 5.41) is 8.80. The summed E-state index contributed by atoms with van der Waals surface area (Å²) >= 11 is 0. The van der Waals surface area contributed by atoms with E-state index < -0.39 is 46.2 Å². The predicted octanol–water partition coefficient (Wildman–Crippen LogP) is 3.74. The molecule has 0 radical (unpaired) electrons. The minimum absolute atomic E-state index is 0.413. The fourth-order valence-corrected chi connectivity index (χ4v) is 1.84. The van der Waals surface area contributed by atoms with Crippen molar-refractivity contribution in [2.75, 3.05) is 0 Å². The summed E-state index contributed by atoms with van der Waals surface area (Å²) in [6.07, 6.45) is -4.24. The highest BCUT2D eigenvalue weighted by Gasteiger charge is 2.39. The first-order valence-corrected chi connectivity index (χ1v) is 5.46. The largest absolute Gasteiger partial charge is 0.476 e. The van der Waals surface area contributed by atoms with Crippen LogP contribution in [-0.4, -0.2) is 16.1 Å². The molecular formula is C13H6F5NO2. The Balaban J connectivity index is 2.80. The molecule has 0 aliphatic heterocycles. The van der Waals surface area contributed by atoms with Gasteiger partial charge in [-0.1, -0.05) is 0 Å². The average molecular weight is 303 g/mol. The van der Waals surface area contributed by atoms with Gasteiger partial charge in [0.25, 0.3) is 0 Å². The maximum absolute atomic E-state index is 13.7. The maximum Gasteiger partial charge on any atom is 0.419 e. The van der Waals surface area contributed by atoms with Crippen LogP contribution in [0.15, 0.2) is 30.5 Å². The average Bonchev–Trinajstić information content (AvgIpc) is 2.36. The molecule has 0 aliphatic rings. The van der Waals surface area contributed by atoms with Crippen LogP contribution < -0.4 is 0 Å². The number of carbonyl (C=O) groups is 1. The number of pyridine rings is 1. The number of rotatable bonds is 2. The van der Waals surface area contributed by atoms with E-state index in [2.05, 4.69) is 4.98 Å². The van der Waals surface area contributed by atoms with E-state index in [0.717, 1.165) is 24.4 Å². The molecule has 0 spiro atoms. The lowest BCUT2D eigenvalue weighted by atomic mass is 9.98. The third-order valence-corrected chi connectivity index (χ3v) is 2.66. The number of aromatic carboxylic acids is 1. The zero-order valence-corrected chi connectivity index (χ0v) is 10.1. The Labute approximate surface area is 114 Å². The maximum atomic E-state index is 13.7. The molecule has 0 fully saturated rings. The molecular weight excluding hydrogens is 297 g/mol. The van der Waals surface area contributed by atoms with Gasteiger partial charge in [0.2, 0.25) is 0 Å². The van der Waals surface area contributed by atoms with Crippen LogP contribution in [-0.2, 0) is 6.18 Å². The molecule has 0 unspecified atom stereocenters. The van der Waals surface area contributed by atoms with Crippen molar-refractivity contribution in [3.63, 3.8) is 0 Å². The van der Waals surface area contributed by atoms with Gasteiger partial charge in [0.05, 0.1) is 5.56 Å². The van der Waals surface area contributed by atoms with E-state index in [1.165, 1.54) is 0 Å². The van der Waals surface area contributed by atoms with Crippen LogP contribution in [0.4, 0.5) is 22.0 Å². The van der Waals surface area contributed by atoms with Crippen molar-refractivity contribution in [1.82, 2.24) is 4.98 Å². The Morgan fingerprint density at radius 1 is 1.10 bits per heavy atom. The minimum Gasteiger partial charge on any atom is -0.476 e. The molecule has 0 saturated heterocycles. The fraction of sp³-hybridized carbons (Fsp3) is 0.0769. The van der Waals surface area contributed by atoms with Crippen LogP contribution in [0.25, 0.3) is 11.1 Å². The highest BCUT2D eigenvalue weighted by molar-refractivity contribution is 5.90. The van der Waals surface area contributed by atoms with Crippen molar-refractivity contribution in [3.8, 4) is 11.1 Å². The smallest absolute Gasteiger partial charge is 0.419 e. The quantitative estimate of drug-likeness (QED) is 0.860. The van der Waals surface area contributed by atoms with Crippen molar-refractivity contribution in [2.45, 2.75) is 6.18 Å². The third kappa shape index (κ3) is 2.83. The molecule has 0 bridgehead atoms. The first-order valence-electron chi connectivity index (χ1n) is 5.46. The predicted molar refractivity (Wildman–Crippen MR) is 61.6 cm³/mol.